The molecule has 0 saturated carbocycles. The van der Waals surface area contributed by atoms with Crippen LogP contribution in [0.3, 0.4) is 0 Å². The molecule has 90 valence electrons. The fourth-order valence-corrected chi connectivity index (χ4v) is 2.05. The predicted molar refractivity (Wildman–Crippen MR) is 68.7 cm³/mol. The van der Waals surface area contributed by atoms with Crippen LogP contribution >= 0.6 is 0 Å². The van der Waals surface area contributed by atoms with E-state index in [4.69, 9.17) is 5.11 Å². The number of rotatable bonds is 3. The Balaban J connectivity index is 0.000000606. The molecule has 1 saturated heterocycles. The molecule has 0 aliphatic carbocycles. The van der Waals surface area contributed by atoms with Crippen molar-refractivity contribution in [2.75, 3.05) is 26.7 Å². The molecule has 0 amide bonds. The largest absolute Gasteiger partial charge is 0.400 e. The number of nitrogens with zero attached hydrogens (tertiary/aromatic N) is 1. The minimum atomic E-state index is 1.00. The molecule has 2 nitrogen and oxygen atoms in total. The summed E-state index contributed by atoms with van der Waals surface area (Å²) in [6.45, 7) is 6.00. The molecule has 1 heterocycles. The normalized spacial score (nSPS) is 15.7. The van der Waals surface area contributed by atoms with E-state index in [1.807, 2.05) is 0 Å². The van der Waals surface area contributed by atoms with Gasteiger partial charge in [-0.2, -0.15) is 0 Å². The molecule has 1 fully saturated rings. The van der Waals surface area contributed by atoms with Crippen molar-refractivity contribution in [1.82, 2.24) is 4.90 Å². The first-order valence-electron chi connectivity index (χ1n) is 6.07. The average molecular weight is 221 g/mol. The summed E-state index contributed by atoms with van der Waals surface area (Å²) in [7, 11) is 1.00. The van der Waals surface area contributed by atoms with Crippen LogP contribution in [0.25, 0.3) is 0 Å². The highest BCUT2D eigenvalue weighted by atomic mass is 16.2. The molecule has 1 N–H and O–H groups in total. The molecule has 0 atom stereocenters. The van der Waals surface area contributed by atoms with E-state index >= 15 is 0 Å². The first kappa shape index (κ1) is 13.2. The van der Waals surface area contributed by atoms with Crippen molar-refractivity contribution in [3.63, 3.8) is 0 Å². The lowest BCUT2D eigenvalue weighted by molar-refractivity contribution is 0.343. The molecule has 16 heavy (non-hydrogen) atoms. The van der Waals surface area contributed by atoms with Gasteiger partial charge < -0.3 is 10.0 Å². The summed E-state index contributed by atoms with van der Waals surface area (Å²) in [6, 6.07) is 8.93. The van der Waals surface area contributed by atoms with Crippen molar-refractivity contribution in [1.29, 1.82) is 0 Å². The highest BCUT2D eigenvalue weighted by Crippen LogP contribution is 2.09. The van der Waals surface area contributed by atoms with E-state index in [1.165, 1.54) is 50.0 Å². The average Bonchev–Trinajstić information content (AvgIpc) is 2.84. The van der Waals surface area contributed by atoms with Gasteiger partial charge in [-0.1, -0.05) is 29.8 Å². The standard InChI is InChI=1S/C13H19N.CH4O/c1-12-4-6-13(7-5-12)8-11-14-9-2-3-10-14;1-2/h4-7H,2-3,8-11H2,1H3;2H,1H3. The number of aliphatic hydroxyl groups excluding tert-OH is 1. The van der Waals surface area contributed by atoms with Crippen LogP contribution < -0.4 is 0 Å². The Morgan fingerprint density at radius 3 is 2.19 bits per heavy atom. The maximum atomic E-state index is 7.00. The molecule has 1 aromatic carbocycles. The van der Waals surface area contributed by atoms with Gasteiger partial charge >= 0.3 is 0 Å². The van der Waals surface area contributed by atoms with Crippen LogP contribution in [0.15, 0.2) is 24.3 Å². The van der Waals surface area contributed by atoms with E-state index in [0.29, 0.717) is 0 Å². The predicted octanol–water partition coefficient (Wildman–Crippen LogP) is 2.24. The third kappa shape index (κ3) is 4.33. The summed E-state index contributed by atoms with van der Waals surface area (Å²) in [5.41, 5.74) is 2.83. The number of aliphatic hydroxyl groups is 1. The van der Waals surface area contributed by atoms with Gasteiger partial charge in [0.05, 0.1) is 0 Å². The first-order valence-corrected chi connectivity index (χ1v) is 6.07. The summed E-state index contributed by atoms with van der Waals surface area (Å²) < 4.78 is 0. The van der Waals surface area contributed by atoms with Crippen LogP contribution in [0.2, 0.25) is 0 Å². The summed E-state index contributed by atoms with van der Waals surface area (Å²) in [4.78, 5) is 2.57. The second-order valence-electron chi connectivity index (χ2n) is 4.28. The number of hydrogen-bond donors (Lipinski definition) is 1. The van der Waals surface area contributed by atoms with E-state index in [2.05, 4.69) is 36.1 Å². The molecule has 0 spiro atoms. The number of aryl methyl sites for hydroxylation is 1. The highest BCUT2D eigenvalue weighted by Gasteiger charge is 2.10. The van der Waals surface area contributed by atoms with E-state index in [0.717, 1.165) is 7.11 Å². The number of benzene rings is 1. The van der Waals surface area contributed by atoms with Crippen LogP contribution in [0.4, 0.5) is 0 Å². The quantitative estimate of drug-likeness (QED) is 0.846. The lowest BCUT2D eigenvalue weighted by atomic mass is 10.1. The van der Waals surface area contributed by atoms with Crippen molar-refractivity contribution in [2.45, 2.75) is 26.2 Å². The molecule has 0 aromatic heterocycles. The molecule has 2 heteroatoms. The van der Waals surface area contributed by atoms with Crippen molar-refractivity contribution in [3.05, 3.63) is 35.4 Å². The van der Waals surface area contributed by atoms with E-state index in [1.54, 1.807) is 0 Å². The summed E-state index contributed by atoms with van der Waals surface area (Å²) >= 11 is 0. The number of likely N-dealkylation sites (tertiary alicyclic amines) is 1. The van der Waals surface area contributed by atoms with E-state index in [-0.39, 0.29) is 0 Å². The Morgan fingerprint density at radius 2 is 1.62 bits per heavy atom. The molecule has 1 aromatic rings. The first-order chi connectivity index (χ1) is 7.84. The molecular weight excluding hydrogens is 198 g/mol. The van der Waals surface area contributed by atoms with E-state index in [9.17, 15) is 0 Å². The van der Waals surface area contributed by atoms with Gasteiger partial charge in [0, 0.05) is 13.7 Å². The highest BCUT2D eigenvalue weighted by molar-refractivity contribution is 5.21. The van der Waals surface area contributed by atoms with Gasteiger partial charge in [0.15, 0.2) is 0 Å². The smallest absolute Gasteiger partial charge is 0.0319 e. The zero-order chi connectivity index (χ0) is 11.8. The molecule has 2 rings (SSSR count). The van der Waals surface area contributed by atoms with Gasteiger partial charge in [-0.3, -0.25) is 0 Å². The van der Waals surface area contributed by atoms with Crippen molar-refractivity contribution >= 4 is 0 Å². The molecule has 1 aliphatic heterocycles. The lowest BCUT2D eigenvalue weighted by Gasteiger charge is -2.13. The van der Waals surface area contributed by atoms with Crippen LogP contribution in [0, 0.1) is 6.92 Å². The summed E-state index contributed by atoms with van der Waals surface area (Å²) in [5.74, 6) is 0. The molecular formula is C14H23NO. The van der Waals surface area contributed by atoms with E-state index < -0.39 is 0 Å². The second-order valence-corrected chi connectivity index (χ2v) is 4.28. The molecule has 0 unspecified atom stereocenters. The van der Waals surface area contributed by atoms with Crippen molar-refractivity contribution in [3.8, 4) is 0 Å². The van der Waals surface area contributed by atoms with Gasteiger partial charge in [-0.25, -0.2) is 0 Å². The Hall–Kier alpha value is -0.860. The maximum absolute atomic E-state index is 7.00. The monoisotopic (exact) mass is 221 g/mol. The minimum absolute atomic E-state index is 1.00. The van der Waals surface area contributed by atoms with Gasteiger partial charge in [0.2, 0.25) is 0 Å². The van der Waals surface area contributed by atoms with Crippen molar-refractivity contribution in [2.24, 2.45) is 0 Å². The Bertz CT molecular complexity index is 275. The zero-order valence-corrected chi connectivity index (χ0v) is 10.4. The Morgan fingerprint density at radius 1 is 1.06 bits per heavy atom. The molecule has 0 radical (unpaired) electrons. The van der Waals surface area contributed by atoms with Crippen LogP contribution in [0.5, 0.6) is 0 Å². The van der Waals surface area contributed by atoms with Gasteiger partial charge in [0.25, 0.3) is 0 Å². The van der Waals surface area contributed by atoms with Crippen LogP contribution in [0.1, 0.15) is 24.0 Å². The summed E-state index contributed by atoms with van der Waals surface area (Å²) in [6.07, 6.45) is 4.00. The Kier molecular flexibility index (Phi) is 6.12. The van der Waals surface area contributed by atoms with Gasteiger partial charge in [0.1, 0.15) is 0 Å². The minimum Gasteiger partial charge on any atom is -0.400 e. The summed E-state index contributed by atoms with van der Waals surface area (Å²) in [5, 5.41) is 7.00. The molecule has 1 aliphatic rings. The van der Waals surface area contributed by atoms with Crippen LogP contribution in [-0.4, -0.2) is 36.8 Å². The number of hydrogen-bond acceptors (Lipinski definition) is 2. The third-order valence-corrected chi connectivity index (χ3v) is 3.04. The fraction of sp³-hybridized carbons (Fsp3) is 0.571. The third-order valence-electron chi connectivity index (χ3n) is 3.04. The Labute approximate surface area is 98.9 Å². The topological polar surface area (TPSA) is 23.5 Å². The van der Waals surface area contributed by atoms with Crippen molar-refractivity contribution < 1.29 is 5.11 Å². The SMILES string of the molecule is CO.Cc1ccc(CCN2CCCC2)cc1. The second kappa shape index (κ2) is 7.42. The van der Waals surface area contributed by atoms with Gasteiger partial charge in [-0.05, 0) is 44.8 Å². The van der Waals surface area contributed by atoms with Gasteiger partial charge in [-0.15, -0.1) is 0 Å². The van der Waals surface area contributed by atoms with Crippen LogP contribution in [-0.2, 0) is 6.42 Å². The lowest BCUT2D eigenvalue weighted by Crippen LogP contribution is -2.21. The maximum Gasteiger partial charge on any atom is 0.0319 e. The fourth-order valence-electron chi connectivity index (χ4n) is 2.05. The molecule has 0 bridgehead atoms. The zero-order valence-electron chi connectivity index (χ0n) is 10.4.